The molecule has 1 aliphatic carbocycles. The highest BCUT2D eigenvalue weighted by molar-refractivity contribution is 5.95. The van der Waals surface area contributed by atoms with E-state index >= 15 is 4.39 Å². The topological polar surface area (TPSA) is 145 Å². The Morgan fingerprint density at radius 2 is 1.60 bits per heavy atom. The van der Waals surface area contributed by atoms with Crippen molar-refractivity contribution in [2.45, 2.75) is 83.0 Å². The van der Waals surface area contributed by atoms with Gasteiger partial charge in [0.25, 0.3) is 0 Å². The van der Waals surface area contributed by atoms with Gasteiger partial charge in [-0.1, -0.05) is 45.6 Å². The zero-order chi connectivity index (χ0) is 32.3. The highest BCUT2D eigenvalue weighted by Gasteiger charge is 2.38. The Balaban J connectivity index is 0.000000821. The molecule has 3 unspecified atom stereocenters. The maximum absolute atomic E-state index is 15.1. The van der Waals surface area contributed by atoms with Crippen molar-refractivity contribution in [3.05, 3.63) is 29.6 Å². The van der Waals surface area contributed by atoms with Crippen molar-refractivity contribution in [2.75, 3.05) is 38.5 Å². The number of carboxylic acids is 1. The standard InChI is InChI=1S/C27H42FN5O3.C2HF3O2/c1-4-23(34)31-25(27(36)33-15-13-32(3)14-16-33)18(2)20-11-12-22(21(28)17-20)30-26(35)24(29)19-9-7-5-6-8-10-19;3-2(4,5)1(6)7/h11-12,17-19,24-25H,4-10,13-16,29H2,1-3H3,(H,30,35)(H,31,34);(H,6,7). The fourth-order valence-electron chi connectivity index (χ4n) is 5.11. The Labute approximate surface area is 249 Å². The van der Waals surface area contributed by atoms with Crippen LogP contribution in [0.4, 0.5) is 23.2 Å². The van der Waals surface area contributed by atoms with Crippen molar-refractivity contribution < 1.29 is 41.8 Å². The normalized spacial score (nSPS) is 18.7. The molecule has 3 amide bonds. The average molecular weight is 618 g/mol. The minimum absolute atomic E-state index is 0.0690. The van der Waals surface area contributed by atoms with Gasteiger partial charge in [0.15, 0.2) is 0 Å². The number of carboxylic acid groups (broad SMARTS) is 1. The molecule has 242 valence electrons. The summed E-state index contributed by atoms with van der Waals surface area (Å²) >= 11 is 0. The van der Waals surface area contributed by atoms with E-state index in [4.69, 9.17) is 15.6 Å². The van der Waals surface area contributed by atoms with E-state index in [1.54, 1.807) is 17.9 Å². The van der Waals surface area contributed by atoms with Gasteiger partial charge in [0.1, 0.15) is 11.9 Å². The van der Waals surface area contributed by atoms with Gasteiger partial charge < -0.3 is 31.3 Å². The third kappa shape index (κ3) is 11.1. The van der Waals surface area contributed by atoms with E-state index in [9.17, 15) is 27.6 Å². The predicted molar refractivity (Wildman–Crippen MR) is 153 cm³/mol. The number of alkyl halides is 3. The van der Waals surface area contributed by atoms with Crippen molar-refractivity contribution >= 4 is 29.4 Å². The maximum atomic E-state index is 15.1. The molecule has 1 saturated heterocycles. The van der Waals surface area contributed by atoms with Gasteiger partial charge in [-0.15, -0.1) is 0 Å². The molecule has 10 nitrogen and oxygen atoms in total. The Morgan fingerprint density at radius 1 is 1.05 bits per heavy atom. The van der Waals surface area contributed by atoms with Gasteiger partial charge in [0, 0.05) is 38.5 Å². The molecule has 1 aliphatic heterocycles. The SMILES string of the molecule is CCC(=O)NC(C(=O)N1CCN(C)CC1)C(C)c1ccc(NC(=O)C(N)C2CCCCCC2)c(F)c1.O=C(O)C(F)(F)F. The Bertz CT molecular complexity index is 1100. The summed E-state index contributed by atoms with van der Waals surface area (Å²) in [6, 6.07) is 3.07. The smallest absolute Gasteiger partial charge is 0.475 e. The van der Waals surface area contributed by atoms with Gasteiger partial charge >= 0.3 is 12.1 Å². The molecule has 0 aromatic heterocycles. The summed E-state index contributed by atoms with van der Waals surface area (Å²) in [6.45, 7) is 6.24. The third-order valence-corrected chi connectivity index (χ3v) is 7.95. The molecule has 0 spiro atoms. The number of aliphatic carboxylic acids is 1. The molecular weight excluding hydrogens is 574 g/mol. The molecule has 1 aromatic rings. The number of carbonyl (C=O) groups excluding carboxylic acids is 3. The third-order valence-electron chi connectivity index (χ3n) is 7.95. The fourth-order valence-corrected chi connectivity index (χ4v) is 5.11. The van der Waals surface area contributed by atoms with Crippen molar-refractivity contribution in [2.24, 2.45) is 11.7 Å². The monoisotopic (exact) mass is 617 g/mol. The number of benzene rings is 1. The minimum atomic E-state index is -5.08. The first-order chi connectivity index (χ1) is 20.1. The first kappa shape index (κ1) is 35.9. The molecule has 2 aliphatic rings. The number of nitrogens with zero attached hydrogens (tertiary/aromatic N) is 2. The molecule has 14 heteroatoms. The molecular formula is C29H43F4N5O5. The van der Waals surface area contributed by atoms with Crippen molar-refractivity contribution in [3.8, 4) is 0 Å². The molecule has 2 fully saturated rings. The van der Waals surface area contributed by atoms with E-state index in [1.165, 1.54) is 12.1 Å². The molecule has 1 saturated carbocycles. The van der Waals surface area contributed by atoms with Gasteiger partial charge in [-0.3, -0.25) is 14.4 Å². The second-order valence-corrected chi connectivity index (χ2v) is 11.1. The summed E-state index contributed by atoms with van der Waals surface area (Å²) in [5.74, 6) is -4.46. The number of carbonyl (C=O) groups is 4. The van der Waals surface area contributed by atoms with Crippen LogP contribution in [0.5, 0.6) is 0 Å². The molecule has 43 heavy (non-hydrogen) atoms. The summed E-state index contributed by atoms with van der Waals surface area (Å²) in [5, 5.41) is 12.6. The predicted octanol–water partition coefficient (Wildman–Crippen LogP) is 3.47. The van der Waals surface area contributed by atoms with Gasteiger partial charge in [-0.2, -0.15) is 13.2 Å². The number of likely N-dealkylation sites (N-methyl/N-ethyl adjacent to an activating group) is 1. The fraction of sp³-hybridized carbons (Fsp3) is 0.655. The van der Waals surface area contributed by atoms with Crippen molar-refractivity contribution in [1.82, 2.24) is 15.1 Å². The van der Waals surface area contributed by atoms with E-state index in [2.05, 4.69) is 15.5 Å². The molecule has 0 radical (unpaired) electrons. The van der Waals surface area contributed by atoms with E-state index in [0.29, 0.717) is 18.7 Å². The number of amides is 3. The quantitative estimate of drug-likeness (QED) is 0.258. The Morgan fingerprint density at radius 3 is 2.09 bits per heavy atom. The van der Waals surface area contributed by atoms with Crippen LogP contribution in [0, 0.1) is 11.7 Å². The molecule has 1 aromatic carbocycles. The van der Waals surface area contributed by atoms with Gasteiger partial charge in [0.2, 0.25) is 17.7 Å². The number of piperazine rings is 1. The lowest BCUT2D eigenvalue weighted by molar-refractivity contribution is -0.192. The molecule has 5 N–H and O–H groups in total. The number of nitrogens with two attached hydrogens (primary N) is 1. The zero-order valence-electron chi connectivity index (χ0n) is 24.9. The lowest BCUT2D eigenvalue weighted by Crippen LogP contribution is -2.55. The largest absolute Gasteiger partial charge is 0.490 e. The van der Waals surface area contributed by atoms with E-state index in [-0.39, 0.29) is 35.7 Å². The average Bonchev–Trinajstić information content (AvgIpc) is 3.25. The van der Waals surface area contributed by atoms with Crippen LogP contribution in [0.1, 0.15) is 70.3 Å². The van der Waals surface area contributed by atoms with Gasteiger partial charge in [-0.05, 0) is 43.5 Å². The van der Waals surface area contributed by atoms with Crippen LogP contribution < -0.4 is 16.4 Å². The van der Waals surface area contributed by atoms with Crippen LogP contribution in [-0.4, -0.2) is 90.1 Å². The molecule has 0 bridgehead atoms. The number of anilines is 1. The van der Waals surface area contributed by atoms with Crippen molar-refractivity contribution in [3.63, 3.8) is 0 Å². The first-order valence-corrected chi connectivity index (χ1v) is 14.6. The van der Waals surface area contributed by atoms with E-state index in [0.717, 1.165) is 51.6 Å². The second kappa shape index (κ2) is 16.6. The van der Waals surface area contributed by atoms with E-state index in [1.807, 2.05) is 14.0 Å². The molecule has 3 atom stereocenters. The molecule has 1 heterocycles. The Hall–Kier alpha value is -3.26. The minimum Gasteiger partial charge on any atom is -0.475 e. The first-order valence-electron chi connectivity index (χ1n) is 14.6. The van der Waals surface area contributed by atoms with E-state index < -0.39 is 36.0 Å². The highest BCUT2D eigenvalue weighted by atomic mass is 19.4. The zero-order valence-corrected chi connectivity index (χ0v) is 24.9. The summed E-state index contributed by atoms with van der Waals surface area (Å²) in [7, 11) is 2.01. The number of halogens is 4. The van der Waals surface area contributed by atoms with Crippen LogP contribution >= 0.6 is 0 Å². The summed E-state index contributed by atoms with van der Waals surface area (Å²) in [6.07, 6.45) is 1.45. The van der Waals surface area contributed by atoms with Crippen molar-refractivity contribution in [1.29, 1.82) is 0 Å². The second-order valence-electron chi connectivity index (χ2n) is 11.1. The molecule has 3 rings (SSSR count). The van der Waals surface area contributed by atoms with Gasteiger partial charge in [-0.25, -0.2) is 9.18 Å². The number of hydrogen-bond acceptors (Lipinski definition) is 6. The summed E-state index contributed by atoms with van der Waals surface area (Å²) < 4.78 is 46.8. The number of rotatable bonds is 8. The van der Waals surface area contributed by atoms with Crippen LogP contribution in [0.15, 0.2) is 18.2 Å². The van der Waals surface area contributed by atoms with Gasteiger partial charge in [0.05, 0.1) is 11.7 Å². The number of hydrogen-bond donors (Lipinski definition) is 4. The van der Waals surface area contributed by atoms with Crippen LogP contribution in [0.2, 0.25) is 0 Å². The summed E-state index contributed by atoms with van der Waals surface area (Å²) in [4.78, 5) is 51.1. The Kier molecular flexibility index (Phi) is 13.8. The highest BCUT2D eigenvalue weighted by Crippen LogP contribution is 2.28. The van der Waals surface area contributed by atoms with Crippen LogP contribution in [0.25, 0.3) is 0 Å². The maximum Gasteiger partial charge on any atom is 0.490 e. The van der Waals surface area contributed by atoms with Crippen LogP contribution in [-0.2, 0) is 19.2 Å². The lowest BCUT2D eigenvalue weighted by atomic mass is 9.91. The summed E-state index contributed by atoms with van der Waals surface area (Å²) in [5.41, 5.74) is 6.87. The number of nitrogens with one attached hydrogen (secondary N) is 2. The lowest BCUT2D eigenvalue weighted by Gasteiger charge is -2.36. The van der Waals surface area contributed by atoms with Crippen LogP contribution in [0.3, 0.4) is 0 Å².